The number of nitrogens with zero attached hydrogens (tertiary/aromatic N) is 1. The molecular formula is C23H21BrN2OS. The van der Waals surface area contributed by atoms with E-state index in [1.807, 2.05) is 54.2 Å². The van der Waals surface area contributed by atoms with Gasteiger partial charge in [-0.05, 0) is 41.5 Å². The Bertz CT molecular complexity index is 977. The minimum atomic E-state index is -0.0435. The van der Waals surface area contributed by atoms with Gasteiger partial charge in [0.2, 0.25) is 0 Å². The molecule has 0 fully saturated rings. The molecule has 28 heavy (non-hydrogen) atoms. The van der Waals surface area contributed by atoms with Crippen molar-refractivity contribution in [1.29, 1.82) is 0 Å². The highest BCUT2D eigenvalue weighted by Crippen LogP contribution is 2.36. The second-order valence-electron chi connectivity index (χ2n) is 6.75. The van der Waals surface area contributed by atoms with Gasteiger partial charge in [0.15, 0.2) is 0 Å². The summed E-state index contributed by atoms with van der Waals surface area (Å²) in [4.78, 5) is 16.3. The fourth-order valence-electron chi connectivity index (χ4n) is 3.31. The van der Waals surface area contributed by atoms with E-state index >= 15 is 0 Å². The number of anilines is 1. The van der Waals surface area contributed by atoms with Gasteiger partial charge >= 0.3 is 0 Å². The van der Waals surface area contributed by atoms with E-state index in [0.717, 1.165) is 34.6 Å². The Morgan fingerprint density at radius 2 is 1.82 bits per heavy atom. The van der Waals surface area contributed by atoms with E-state index in [-0.39, 0.29) is 5.91 Å². The molecule has 0 saturated carbocycles. The molecule has 3 aromatic rings. The summed E-state index contributed by atoms with van der Waals surface area (Å²) in [6.45, 7) is 2.35. The van der Waals surface area contributed by atoms with E-state index in [9.17, 15) is 4.79 Å². The maximum Gasteiger partial charge on any atom is 0.251 e. The summed E-state index contributed by atoms with van der Waals surface area (Å²) in [5.74, 6) is 1.02. The summed E-state index contributed by atoms with van der Waals surface area (Å²) in [5, 5.41) is 3.03. The standard InChI is InChI=1S/C23H21BrN2OS/c24-20-8-4-7-18(13-20)15-25-23(27)19-9-10-22-21(14-19)26(11-12-28-22)16-17-5-2-1-3-6-17/h1-10,13-14H,11-12,15-16H2,(H,25,27). The molecule has 0 radical (unpaired) electrons. The number of carbonyl (C=O) groups is 1. The third-order valence-electron chi connectivity index (χ3n) is 4.74. The lowest BCUT2D eigenvalue weighted by Gasteiger charge is -2.31. The zero-order valence-electron chi connectivity index (χ0n) is 15.4. The fraction of sp³-hybridized carbons (Fsp3) is 0.174. The first-order valence-corrected chi connectivity index (χ1v) is 11.1. The van der Waals surface area contributed by atoms with Crippen LogP contribution >= 0.6 is 27.7 Å². The minimum absolute atomic E-state index is 0.0435. The Morgan fingerprint density at radius 1 is 1.00 bits per heavy atom. The molecule has 5 heteroatoms. The molecule has 1 aliphatic heterocycles. The molecule has 3 aromatic carbocycles. The molecule has 1 heterocycles. The molecule has 142 valence electrons. The Labute approximate surface area is 178 Å². The molecule has 4 rings (SSSR count). The average molecular weight is 453 g/mol. The molecule has 0 unspecified atom stereocenters. The topological polar surface area (TPSA) is 32.3 Å². The first-order valence-electron chi connectivity index (χ1n) is 9.27. The van der Waals surface area contributed by atoms with E-state index in [2.05, 4.69) is 56.5 Å². The molecule has 0 bridgehead atoms. The summed E-state index contributed by atoms with van der Waals surface area (Å²) in [6.07, 6.45) is 0. The lowest BCUT2D eigenvalue weighted by atomic mass is 10.1. The molecule has 1 aliphatic rings. The van der Waals surface area contributed by atoms with Crippen molar-refractivity contribution in [2.24, 2.45) is 0 Å². The number of rotatable bonds is 5. The van der Waals surface area contributed by atoms with Crippen molar-refractivity contribution in [1.82, 2.24) is 5.32 Å². The van der Waals surface area contributed by atoms with Crippen molar-refractivity contribution < 1.29 is 4.79 Å². The molecule has 0 aromatic heterocycles. The van der Waals surface area contributed by atoms with Crippen molar-refractivity contribution in [3.63, 3.8) is 0 Å². The van der Waals surface area contributed by atoms with E-state index in [1.165, 1.54) is 10.5 Å². The minimum Gasteiger partial charge on any atom is -0.365 e. The van der Waals surface area contributed by atoms with Crippen molar-refractivity contribution in [2.45, 2.75) is 18.0 Å². The van der Waals surface area contributed by atoms with Gasteiger partial charge in [-0.3, -0.25) is 4.79 Å². The third kappa shape index (κ3) is 4.59. The zero-order valence-corrected chi connectivity index (χ0v) is 17.8. The maximum absolute atomic E-state index is 12.7. The van der Waals surface area contributed by atoms with Crippen LogP contribution in [0.25, 0.3) is 0 Å². The Kier molecular flexibility index (Phi) is 6.03. The van der Waals surface area contributed by atoms with Crippen molar-refractivity contribution in [3.8, 4) is 0 Å². The van der Waals surface area contributed by atoms with Crippen LogP contribution in [0.15, 0.2) is 82.2 Å². The van der Waals surface area contributed by atoms with Crippen LogP contribution in [-0.2, 0) is 13.1 Å². The highest BCUT2D eigenvalue weighted by Gasteiger charge is 2.19. The van der Waals surface area contributed by atoms with Gasteiger partial charge in [-0.2, -0.15) is 0 Å². The fourth-order valence-corrected chi connectivity index (χ4v) is 4.79. The van der Waals surface area contributed by atoms with Crippen LogP contribution in [0.5, 0.6) is 0 Å². The molecule has 0 spiro atoms. The summed E-state index contributed by atoms with van der Waals surface area (Å²) >= 11 is 5.33. The van der Waals surface area contributed by atoms with Crippen LogP contribution < -0.4 is 10.2 Å². The largest absolute Gasteiger partial charge is 0.365 e. The molecular weight excluding hydrogens is 432 g/mol. The maximum atomic E-state index is 12.7. The summed E-state index contributed by atoms with van der Waals surface area (Å²) in [7, 11) is 0. The van der Waals surface area contributed by atoms with Gasteiger partial charge in [-0.25, -0.2) is 0 Å². The van der Waals surface area contributed by atoms with Gasteiger partial charge in [0.1, 0.15) is 0 Å². The predicted octanol–water partition coefficient (Wildman–Crippen LogP) is 5.49. The second kappa shape index (κ2) is 8.84. The van der Waals surface area contributed by atoms with Crippen molar-refractivity contribution in [2.75, 3.05) is 17.2 Å². The number of halogens is 1. The van der Waals surface area contributed by atoms with Gasteiger partial charge in [0.05, 0.1) is 5.69 Å². The molecule has 0 aliphatic carbocycles. The van der Waals surface area contributed by atoms with Crippen LogP contribution in [0, 0.1) is 0 Å². The van der Waals surface area contributed by atoms with Crippen LogP contribution in [0.2, 0.25) is 0 Å². The van der Waals surface area contributed by atoms with Crippen LogP contribution in [0.3, 0.4) is 0 Å². The molecule has 1 N–H and O–H groups in total. The smallest absolute Gasteiger partial charge is 0.251 e. The monoisotopic (exact) mass is 452 g/mol. The van der Waals surface area contributed by atoms with Crippen LogP contribution in [0.1, 0.15) is 21.5 Å². The quantitative estimate of drug-likeness (QED) is 0.555. The number of hydrogen-bond donors (Lipinski definition) is 1. The van der Waals surface area contributed by atoms with E-state index < -0.39 is 0 Å². The normalized spacial score (nSPS) is 13.1. The summed E-state index contributed by atoms with van der Waals surface area (Å²) in [5.41, 5.74) is 4.20. The summed E-state index contributed by atoms with van der Waals surface area (Å²) < 4.78 is 1.02. The van der Waals surface area contributed by atoms with Crippen molar-refractivity contribution in [3.05, 3.63) is 94.0 Å². The van der Waals surface area contributed by atoms with Gasteiger partial charge in [-0.1, -0.05) is 58.4 Å². The predicted molar refractivity (Wildman–Crippen MR) is 120 cm³/mol. The lowest BCUT2D eigenvalue weighted by molar-refractivity contribution is 0.0951. The van der Waals surface area contributed by atoms with Gasteiger partial charge in [0, 0.05) is 40.3 Å². The number of thioether (sulfide) groups is 1. The van der Waals surface area contributed by atoms with Crippen LogP contribution in [-0.4, -0.2) is 18.2 Å². The Morgan fingerprint density at radius 3 is 2.64 bits per heavy atom. The SMILES string of the molecule is O=C(NCc1cccc(Br)c1)c1ccc2c(c1)N(Cc1ccccc1)CCS2. The average Bonchev–Trinajstić information content (AvgIpc) is 2.73. The summed E-state index contributed by atoms with van der Waals surface area (Å²) in [6, 6.07) is 24.5. The number of hydrogen-bond acceptors (Lipinski definition) is 3. The van der Waals surface area contributed by atoms with Crippen LogP contribution in [0.4, 0.5) is 5.69 Å². The first-order chi connectivity index (χ1) is 13.7. The van der Waals surface area contributed by atoms with E-state index in [0.29, 0.717) is 12.1 Å². The van der Waals surface area contributed by atoms with Gasteiger partial charge in [-0.15, -0.1) is 11.8 Å². The molecule has 3 nitrogen and oxygen atoms in total. The number of amides is 1. The van der Waals surface area contributed by atoms with Gasteiger partial charge < -0.3 is 10.2 Å². The second-order valence-corrected chi connectivity index (χ2v) is 8.80. The molecule has 0 saturated heterocycles. The third-order valence-corrected chi connectivity index (χ3v) is 6.28. The molecule has 0 atom stereocenters. The lowest BCUT2D eigenvalue weighted by Crippen LogP contribution is -2.29. The zero-order chi connectivity index (χ0) is 19.3. The molecule has 1 amide bonds. The number of fused-ring (bicyclic) bond motifs is 1. The Hall–Kier alpha value is -2.24. The first kappa shape index (κ1) is 19.1. The number of carbonyl (C=O) groups excluding carboxylic acids is 1. The van der Waals surface area contributed by atoms with E-state index in [1.54, 1.807) is 0 Å². The highest BCUT2D eigenvalue weighted by atomic mass is 79.9. The highest BCUT2D eigenvalue weighted by molar-refractivity contribution is 9.10. The van der Waals surface area contributed by atoms with E-state index in [4.69, 9.17) is 0 Å². The number of benzene rings is 3. The Balaban J connectivity index is 1.50. The van der Waals surface area contributed by atoms with Crippen molar-refractivity contribution >= 4 is 39.3 Å². The van der Waals surface area contributed by atoms with Gasteiger partial charge in [0.25, 0.3) is 5.91 Å². The number of nitrogens with one attached hydrogen (secondary N) is 1.